The van der Waals surface area contributed by atoms with E-state index < -0.39 is 26.5 Å². The van der Waals surface area contributed by atoms with Crippen LogP contribution in [0, 0.1) is 0 Å². The second-order valence-corrected chi connectivity index (χ2v) is 18.6. The van der Waals surface area contributed by atoms with E-state index in [-0.39, 0.29) is 32.1 Å². The molecule has 10 heteroatoms. The van der Waals surface area contributed by atoms with Crippen LogP contribution < -0.4 is 5.32 Å². The van der Waals surface area contributed by atoms with Crippen molar-refractivity contribution in [2.24, 2.45) is 0 Å². The summed E-state index contributed by atoms with van der Waals surface area (Å²) >= 11 is 0. The van der Waals surface area contributed by atoms with E-state index in [4.69, 9.17) is 13.8 Å². The number of hydrogen-bond acceptors (Lipinski definition) is 7. The fourth-order valence-electron chi connectivity index (χ4n) is 6.74. The zero-order valence-electron chi connectivity index (χ0n) is 42.3. The van der Waals surface area contributed by atoms with Gasteiger partial charge >= 0.3 is 13.8 Å². The van der Waals surface area contributed by atoms with Gasteiger partial charge in [0.2, 0.25) is 5.91 Å². The Kier molecular flexibility index (Phi) is 49.5. The molecule has 0 saturated heterocycles. The molecule has 1 amide bonds. The molecule has 0 spiro atoms. The van der Waals surface area contributed by atoms with Gasteiger partial charge in [-0.25, -0.2) is 4.57 Å². The number of hydrogen-bond donors (Lipinski definition) is 3. The summed E-state index contributed by atoms with van der Waals surface area (Å²) in [5.41, 5.74) is 0. The van der Waals surface area contributed by atoms with Gasteiger partial charge in [0, 0.05) is 19.4 Å². The molecule has 3 N–H and O–H groups in total. The number of phosphoric acid groups is 1. The van der Waals surface area contributed by atoms with Crippen LogP contribution in [0.3, 0.4) is 0 Å². The summed E-state index contributed by atoms with van der Waals surface area (Å²) in [7, 11) is -4.44. The Labute approximate surface area is 409 Å². The fraction of sp³-hybridized carbons (Fsp3) is 0.649. The molecule has 0 saturated carbocycles. The average molecular weight is 954 g/mol. The van der Waals surface area contributed by atoms with Crippen LogP contribution in [0.1, 0.15) is 206 Å². The van der Waals surface area contributed by atoms with Gasteiger partial charge in [0.25, 0.3) is 0 Å². The second-order valence-electron chi connectivity index (χ2n) is 17.1. The van der Waals surface area contributed by atoms with Crippen LogP contribution in [0.15, 0.2) is 109 Å². The highest BCUT2D eigenvalue weighted by Gasteiger charge is 2.23. The minimum Gasteiger partial charge on any atom is -0.463 e. The maximum absolute atomic E-state index is 12.2. The molecule has 9 nitrogen and oxygen atoms in total. The molecule has 0 aromatic carbocycles. The third-order valence-electron chi connectivity index (χ3n) is 10.7. The molecule has 0 heterocycles. The predicted octanol–water partition coefficient (Wildman–Crippen LogP) is 15.9. The number of carbonyl (C=O) groups is 2. The Hall–Kier alpha value is -3.33. The fourth-order valence-corrected chi connectivity index (χ4v) is 7.50. The Balaban J connectivity index is 3.64. The first kappa shape index (κ1) is 63.7. The number of ether oxygens (including phenoxy) is 1. The van der Waals surface area contributed by atoms with Crippen LogP contribution in [0.4, 0.5) is 0 Å². The number of rotatable bonds is 48. The molecular formula is C57H96NO8P. The Morgan fingerprint density at radius 2 is 0.851 bits per heavy atom. The van der Waals surface area contributed by atoms with Gasteiger partial charge < -0.3 is 20.1 Å². The number of esters is 1. The van der Waals surface area contributed by atoms with E-state index in [0.717, 1.165) is 103 Å². The maximum atomic E-state index is 12.2. The van der Waals surface area contributed by atoms with E-state index in [1.54, 1.807) is 0 Å². The van der Waals surface area contributed by atoms with Gasteiger partial charge in [-0.15, -0.1) is 0 Å². The molecule has 0 aliphatic heterocycles. The molecule has 0 aliphatic carbocycles. The Morgan fingerprint density at radius 3 is 1.28 bits per heavy atom. The van der Waals surface area contributed by atoms with E-state index in [9.17, 15) is 24.2 Å². The minimum absolute atomic E-state index is 0.0603. The van der Waals surface area contributed by atoms with Gasteiger partial charge in [0.15, 0.2) is 0 Å². The monoisotopic (exact) mass is 954 g/mol. The van der Waals surface area contributed by atoms with Gasteiger partial charge in [-0.2, -0.15) is 0 Å². The molecule has 67 heavy (non-hydrogen) atoms. The van der Waals surface area contributed by atoms with E-state index in [0.29, 0.717) is 6.42 Å². The smallest absolute Gasteiger partial charge is 0.463 e. The van der Waals surface area contributed by atoms with Crippen molar-refractivity contribution < 1.29 is 37.9 Å². The molecule has 0 bridgehead atoms. The van der Waals surface area contributed by atoms with Crippen LogP contribution in [-0.2, 0) is 27.9 Å². The van der Waals surface area contributed by atoms with Crippen molar-refractivity contribution in [1.82, 2.24) is 5.32 Å². The third kappa shape index (κ3) is 53.5. The molecule has 0 aromatic rings. The van der Waals surface area contributed by atoms with Crippen LogP contribution in [0.5, 0.6) is 0 Å². The van der Waals surface area contributed by atoms with Gasteiger partial charge in [-0.3, -0.25) is 18.6 Å². The topological polar surface area (TPSA) is 131 Å². The molecular weight excluding hydrogens is 858 g/mol. The van der Waals surface area contributed by atoms with E-state index in [1.807, 2.05) is 0 Å². The molecule has 382 valence electrons. The highest BCUT2D eigenvalue weighted by Crippen LogP contribution is 2.42. The highest BCUT2D eigenvalue weighted by atomic mass is 31.2. The van der Waals surface area contributed by atoms with Crippen molar-refractivity contribution in [2.75, 3.05) is 26.4 Å². The molecule has 0 rings (SSSR count). The highest BCUT2D eigenvalue weighted by molar-refractivity contribution is 7.47. The van der Waals surface area contributed by atoms with Crippen molar-refractivity contribution >= 4 is 19.7 Å². The van der Waals surface area contributed by atoms with Crippen molar-refractivity contribution in [3.8, 4) is 0 Å². The van der Waals surface area contributed by atoms with Crippen molar-refractivity contribution in [3.05, 3.63) is 109 Å². The van der Waals surface area contributed by atoms with Gasteiger partial charge in [-0.05, 0) is 103 Å². The SMILES string of the molecule is CC/C=C\C/C=C\C/C=C\C/C=C\C/C=C\C/C=C\CCCCCCC(=O)NCCOP(=O)(O)OCC(O)COC(=O)CCCCCCCCCCCC/C=C\C/C=C\C/C=C\CCCCC. The summed E-state index contributed by atoms with van der Waals surface area (Å²) in [6.45, 7) is 3.37. The predicted molar refractivity (Wildman–Crippen MR) is 284 cm³/mol. The lowest BCUT2D eigenvalue weighted by Gasteiger charge is -2.15. The second kappa shape index (κ2) is 52.0. The number of aliphatic hydroxyl groups excluding tert-OH is 1. The third-order valence-corrected chi connectivity index (χ3v) is 11.7. The Morgan fingerprint density at radius 1 is 0.478 bits per heavy atom. The number of allylic oxidation sites excluding steroid dienone is 18. The quantitative estimate of drug-likeness (QED) is 0.0238. The molecule has 0 aliphatic rings. The molecule has 0 aromatic heterocycles. The number of unbranched alkanes of at least 4 members (excludes halogenated alkanes) is 17. The number of aliphatic hydroxyl groups is 1. The largest absolute Gasteiger partial charge is 0.472 e. The number of nitrogens with one attached hydrogen (secondary N) is 1. The number of amides is 1. The zero-order chi connectivity index (χ0) is 48.8. The number of phosphoric ester groups is 1. The summed E-state index contributed by atoms with van der Waals surface area (Å²) < 4.78 is 27.0. The first-order chi connectivity index (χ1) is 32.8. The molecule has 2 atom stereocenters. The molecule has 2 unspecified atom stereocenters. The lowest BCUT2D eigenvalue weighted by molar-refractivity contribution is -0.147. The standard InChI is InChI=1S/C57H96NO8P/c1-3-5-7-9-11-13-15-17-19-21-23-25-27-29-31-33-35-37-39-41-43-45-47-49-56(60)58-51-52-65-67(62,63)66-54-55(59)53-64-57(61)50-48-46-44-42-40-38-36-34-32-30-28-26-24-22-20-18-16-14-12-10-8-6-4-2/h5,7,11-14,17-20,23-26,29,31,35,37,55,59H,3-4,6,8-10,15-16,21-22,27-28,30,32-34,36,38-54H2,1-2H3,(H,58,60)(H,62,63)/b7-5-,13-11-,14-12-,19-17-,20-18-,25-23-,26-24-,31-29-,37-35-. The summed E-state index contributed by atoms with van der Waals surface area (Å²) in [4.78, 5) is 34.1. The Bertz CT molecular complexity index is 1460. The summed E-state index contributed by atoms with van der Waals surface area (Å²) in [6.07, 6.45) is 70.2. The van der Waals surface area contributed by atoms with Crippen molar-refractivity contribution in [3.63, 3.8) is 0 Å². The summed E-state index contributed by atoms with van der Waals surface area (Å²) in [5.74, 6) is -0.551. The lowest BCUT2D eigenvalue weighted by atomic mass is 10.1. The van der Waals surface area contributed by atoms with Crippen molar-refractivity contribution in [1.29, 1.82) is 0 Å². The maximum Gasteiger partial charge on any atom is 0.472 e. The lowest BCUT2D eigenvalue weighted by Crippen LogP contribution is -2.27. The summed E-state index contributed by atoms with van der Waals surface area (Å²) in [6, 6.07) is 0. The first-order valence-corrected chi connectivity index (χ1v) is 27.9. The van der Waals surface area contributed by atoms with Gasteiger partial charge in [0.1, 0.15) is 12.7 Å². The van der Waals surface area contributed by atoms with Gasteiger partial charge in [0.05, 0.1) is 13.2 Å². The van der Waals surface area contributed by atoms with Gasteiger partial charge in [-0.1, -0.05) is 200 Å². The minimum atomic E-state index is -4.44. The average Bonchev–Trinajstić information content (AvgIpc) is 3.32. The number of carbonyl (C=O) groups excluding carboxylic acids is 2. The normalized spacial score (nSPS) is 14.0. The molecule has 0 fully saturated rings. The van der Waals surface area contributed by atoms with Crippen LogP contribution >= 0.6 is 7.82 Å². The van der Waals surface area contributed by atoms with Crippen LogP contribution in [0.2, 0.25) is 0 Å². The molecule has 0 radical (unpaired) electrons. The van der Waals surface area contributed by atoms with E-state index in [1.165, 1.54) is 77.0 Å². The van der Waals surface area contributed by atoms with Crippen LogP contribution in [-0.4, -0.2) is 54.3 Å². The summed E-state index contributed by atoms with van der Waals surface area (Å²) in [5, 5.41) is 12.7. The van der Waals surface area contributed by atoms with E-state index >= 15 is 0 Å². The van der Waals surface area contributed by atoms with Crippen LogP contribution in [0.25, 0.3) is 0 Å². The first-order valence-electron chi connectivity index (χ1n) is 26.4. The van der Waals surface area contributed by atoms with Crippen molar-refractivity contribution in [2.45, 2.75) is 213 Å². The zero-order valence-corrected chi connectivity index (χ0v) is 43.2. The van der Waals surface area contributed by atoms with E-state index in [2.05, 4.69) is 129 Å².